The van der Waals surface area contributed by atoms with E-state index in [1.54, 1.807) is 49.1 Å². The number of furan rings is 1. The Morgan fingerprint density at radius 2 is 1.86 bits per heavy atom. The lowest BCUT2D eigenvalue weighted by Gasteiger charge is -2.32. The largest absolute Gasteiger partial charge is 0.466 e. The molecule has 0 aliphatic carbocycles. The molecule has 148 valence electrons. The summed E-state index contributed by atoms with van der Waals surface area (Å²) < 4.78 is 5.32. The molecule has 1 aromatic heterocycles. The molecule has 2 N–H and O–H groups in total. The second-order valence-electron chi connectivity index (χ2n) is 6.87. The van der Waals surface area contributed by atoms with E-state index in [4.69, 9.17) is 16.0 Å². The van der Waals surface area contributed by atoms with E-state index in [-0.39, 0.29) is 11.8 Å². The van der Waals surface area contributed by atoms with Crippen molar-refractivity contribution in [2.75, 3.05) is 13.1 Å². The van der Waals surface area contributed by atoms with Crippen molar-refractivity contribution < 1.29 is 18.8 Å². The molecular weight excluding hydrogens is 382 g/mol. The Labute approximate surface area is 168 Å². The number of nitrogens with zero attached hydrogens (tertiary/aromatic N) is 1. The molecule has 1 aliphatic heterocycles. The maximum atomic E-state index is 12.6. The fourth-order valence-corrected chi connectivity index (χ4v) is 3.42. The van der Waals surface area contributed by atoms with Crippen molar-refractivity contribution in [3.05, 3.63) is 58.0 Å². The Bertz CT molecular complexity index is 891. The topological polar surface area (TPSA) is 91.7 Å². The van der Waals surface area contributed by atoms with Crippen molar-refractivity contribution in [3.63, 3.8) is 0 Å². The predicted molar refractivity (Wildman–Crippen MR) is 104 cm³/mol. The number of nitrogens with one attached hydrogen (secondary N) is 2. The maximum absolute atomic E-state index is 12.6. The molecular formula is C20H22ClN3O4. The van der Waals surface area contributed by atoms with Gasteiger partial charge in [-0.05, 0) is 57.0 Å². The molecule has 1 aromatic carbocycles. The van der Waals surface area contributed by atoms with Gasteiger partial charge in [-0.25, -0.2) is 0 Å². The summed E-state index contributed by atoms with van der Waals surface area (Å²) in [5.41, 5.74) is 5.78. The van der Waals surface area contributed by atoms with Gasteiger partial charge < -0.3 is 9.32 Å². The molecule has 0 radical (unpaired) electrons. The van der Waals surface area contributed by atoms with E-state index in [0.717, 1.165) is 0 Å². The minimum Gasteiger partial charge on any atom is -0.466 e. The van der Waals surface area contributed by atoms with Crippen molar-refractivity contribution >= 4 is 29.3 Å². The van der Waals surface area contributed by atoms with Gasteiger partial charge in [0.05, 0.1) is 11.5 Å². The fraction of sp³-hybridized carbons (Fsp3) is 0.350. The van der Waals surface area contributed by atoms with E-state index < -0.39 is 11.8 Å². The SMILES string of the molecule is Cc1cc(C(=O)NNC(=O)C2CCCN(C(=O)c3ccc(Cl)cc3)C2)c(C)o1. The lowest BCUT2D eigenvalue weighted by molar-refractivity contribution is -0.127. The molecule has 0 saturated carbocycles. The molecule has 2 heterocycles. The van der Waals surface area contributed by atoms with Crippen LogP contribution in [0.2, 0.25) is 5.02 Å². The van der Waals surface area contributed by atoms with Gasteiger partial charge in [-0.1, -0.05) is 11.6 Å². The first-order valence-corrected chi connectivity index (χ1v) is 9.45. The van der Waals surface area contributed by atoms with Crippen molar-refractivity contribution in [2.45, 2.75) is 26.7 Å². The van der Waals surface area contributed by atoms with Gasteiger partial charge in [0.1, 0.15) is 11.5 Å². The van der Waals surface area contributed by atoms with Crippen LogP contribution in [0.4, 0.5) is 0 Å². The molecule has 3 amide bonds. The highest BCUT2D eigenvalue weighted by Gasteiger charge is 2.29. The zero-order valence-electron chi connectivity index (χ0n) is 15.8. The Balaban J connectivity index is 1.56. The van der Waals surface area contributed by atoms with Gasteiger partial charge >= 0.3 is 0 Å². The minimum absolute atomic E-state index is 0.136. The van der Waals surface area contributed by atoms with E-state index in [9.17, 15) is 14.4 Å². The first-order valence-electron chi connectivity index (χ1n) is 9.07. The Morgan fingerprint density at radius 3 is 2.50 bits per heavy atom. The number of amides is 3. The third-order valence-electron chi connectivity index (χ3n) is 4.76. The summed E-state index contributed by atoms with van der Waals surface area (Å²) in [4.78, 5) is 39.0. The molecule has 1 saturated heterocycles. The van der Waals surface area contributed by atoms with Crippen molar-refractivity contribution in [3.8, 4) is 0 Å². The van der Waals surface area contributed by atoms with Crippen LogP contribution in [0.5, 0.6) is 0 Å². The van der Waals surface area contributed by atoms with E-state index in [1.165, 1.54) is 0 Å². The van der Waals surface area contributed by atoms with Crippen LogP contribution in [0.25, 0.3) is 0 Å². The van der Waals surface area contributed by atoms with Gasteiger partial charge in [-0.15, -0.1) is 0 Å². The van der Waals surface area contributed by atoms with Gasteiger partial charge in [0, 0.05) is 23.7 Å². The van der Waals surface area contributed by atoms with Crippen LogP contribution in [0, 0.1) is 19.8 Å². The van der Waals surface area contributed by atoms with Gasteiger partial charge in [0.15, 0.2) is 0 Å². The molecule has 1 fully saturated rings. The molecule has 7 nitrogen and oxygen atoms in total. The van der Waals surface area contributed by atoms with Crippen LogP contribution in [0.15, 0.2) is 34.7 Å². The van der Waals surface area contributed by atoms with Gasteiger partial charge in [0.2, 0.25) is 5.91 Å². The number of hydrazine groups is 1. The Hall–Kier alpha value is -2.80. The van der Waals surface area contributed by atoms with E-state index in [2.05, 4.69) is 10.9 Å². The average molecular weight is 404 g/mol. The quantitative estimate of drug-likeness (QED) is 0.771. The first-order chi connectivity index (χ1) is 13.3. The summed E-state index contributed by atoms with van der Waals surface area (Å²) in [6, 6.07) is 8.29. The van der Waals surface area contributed by atoms with Crippen LogP contribution in [0.1, 0.15) is 45.1 Å². The molecule has 3 rings (SSSR count). The minimum atomic E-state index is -0.437. The van der Waals surface area contributed by atoms with Gasteiger partial charge in [-0.2, -0.15) is 0 Å². The lowest BCUT2D eigenvalue weighted by Crippen LogP contribution is -2.50. The number of piperidine rings is 1. The van der Waals surface area contributed by atoms with Crippen LogP contribution in [0.3, 0.4) is 0 Å². The summed E-state index contributed by atoms with van der Waals surface area (Å²) >= 11 is 5.86. The van der Waals surface area contributed by atoms with Crippen LogP contribution < -0.4 is 10.9 Å². The second kappa shape index (κ2) is 8.48. The number of carbonyl (C=O) groups excluding carboxylic acids is 3. The van der Waals surface area contributed by atoms with Gasteiger partial charge in [-0.3, -0.25) is 25.2 Å². The van der Waals surface area contributed by atoms with Crippen LogP contribution in [-0.4, -0.2) is 35.7 Å². The highest BCUT2D eigenvalue weighted by molar-refractivity contribution is 6.30. The zero-order chi connectivity index (χ0) is 20.3. The second-order valence-corrected chi connectivity index (χ2v) is 7.30. The Kier molecular flexibility index (Phi) is 6.04. The average Bonchev–Trinajstić information content (AvgIpc) is 3.04. The Morgan fingerprint density at radius 1 is 1.14 bits per heavy atom. The third-order valence-corrected chi connectivity index (χ3v) is 5.01. The van der Waals surface area contributed by atoms with Crippen LogP contribution in [-0.2, 0) is 4.79 Å². The molecule has 0 spiro atoms. The normalized spacial score (nSPS) is 16.5. The van der Waals surface area contributed by atoms with Crippen molar-refractivity contribution in [2.24, 2.45) is 5.92 Å². The smallest absolute Gasteiger partial charge is 0.273 e. The van der Waals surface area contributed by atoms with E-state index >= 15 is 0 Å². The zero-order valence-corrected chi connectivity index (χ0v) is 16.5. The number of carbonyl (C=O) groups is 3. The molecule has 1 unspecified atom stereocenters. The number of rotatable bonds is 3. The van der Waals surface area contributed by atoms with Crippen LogP contribution >= 0.6 is 11.6 Å². The van der Waals surface area contributed by atoms with Gasteiger partial charge in [0.25, 0.3) is 11.8 Å². The molecule has 2 aromatic rings. The first kappa shape index (κ1) is 19.9. The molecule has 1 atom stereocenters. The number of benzene rings is 1. The summed E-state index contributed by atoms with van der Waals surface area (Å²) in [6.07, 6.45) is 1.36. The highest BCUT2D eigenvalue weighted by Crippen LogP contribution is 2.20. The maximum Gasteiger partial charge on any atom is 0.273 e. The van der Waals surface area contributed by atoms with Crippen molar-refractivity contribution in [1.29, 1.82) is 0 Å². The molecule has 1 aliphatic rings. The van der Waals surface area contributed by atoms with Crippen molar-refractivity contribution in [1.82, 2.24) is 15.8 Å². The summed E-state index contributed by atoms with van der Waals surface area (Å²) in [5, 5.41) is 0.561. The summed E-state index contributed by atoms with van der Waals surface area (Å²) in [6.45, 7) is 4.32. The number of hydrogen-bond donors (Lipinski definition) is 2. The summed E-state index contributed by atoms with van der Waals surface area (Å²) in [5.74, 6) is -0.174. The predicted octanol–water partition coefficient (Wildman–Crippen LogP) is 2.86. The lowest BCUT2D eigenvalue weighted by atomic mass is 9.96. The fourth-order valence-electron chi connectivity index (χ4n) is 3.29. The number of hydrogen-bond acceptors (Lipinski definition) is 4. The third kappa shape index (κ3) is 4.54. The number of aryl methyl sites for hydroxylation is 2. The number of likely N-dealkylation sites (tertiary alicyclic amines) is 1. The number of halogens is 1. The standard InChI is InChI=1S/C20H22ClN3O4/c1-12-10-17(13(2)28-12)19(26)23-22-18(25)15-4-3-9-24(11-15)20(27)14-5-7-16(21)8-6-14/h5-8,10,15H,3-4,9,11H2,1-2H3,(H,22,25)(H,23,26). The molecule has 0 bridgehead atoms. The molecule has 28 heavy (non-hydrogen) atoms. The highest BCUT2D eigenvalue weighted by atomic mass is 35.5. The van der Waals surface area contributed by atoms with E-state index in [1.807, 2.05) is 0 Å². The molecule has 8 heteroatoms. The van der Waals surface area contributed by atoms with E-state index in [0.29, 0.717) is 53.6 Å². The monoisotopic (exact) mass is 403 g/mol. The summed E-state index contributed by atoms with van der Waals surface area (Å²) in [7, 11) is 0.